The molecule has 1 aromatic carbocycles. The minimum absolute atomic E-state index is 0.0492. The number of hydrogen-bond acceptors (Lipinski definition) is 3. The summed E-state index contributed by atoms with van der Waals surface area (Å²) in [5.41, 5.74) is 1.15. The molecule has 0 aliphatic carbocycles. The standard InChI is InChI=1S/C16H25ClN2O3S/c1-10(2)12(4)18-16(20)13(5)19(23(6,21)22)15-9-14(17)8-7-11(15)3/h7-10,12-13H,1-6H3,(H,18,20)/t12-,13+/m0/s1. The molecule has 0 aromatic heterocycles. The first-order valence-electron chi connectivity index (χ1n) is 7.51. The lowest BCUT2D eigenvalue weighted by Crippen LogP contribution is -2.50. The van der Waals surface area contributed by atoms with Crippen molar-refractivity contribution >= 4 is 33.2 Å². The van der Waals surface area contributed by atoms with Crippen LogP contribution in [0, 0.1) is 12.8 Å². The van der Waals surface area contributed by atoms with Gasteiger partial charge >= 0.3 is 0 Å². The van der Waals surface area contributed by atoms with Crippen molar-refractivity contribution in [3.8, 4) is 0 Å². The number of nitrogens with one attached hydrogen (secondary N) is 1. The van der Waals surface area contributed by atoms with Crippen molar-refractivity contribution in [1.29, 1.82) is 0 Å². The quantitative estimate of drug-likeness (QED) is 0.848. The Hall–Kier alpha value is -1.27. The number of carbonyl (C=O) groups is 1. The summed E-state index contributed by atoms with van der Waals surface area (Å²) in [6.07, 6.45) is 1.09. The fraction of sp³-hybridized carbons (Fsp3) is 0.562. The minimum atomic E-state index is -3.64. The number of aryl methyl sites for hydroxylation is 1. The summed E-state index contributed by atoms with van der Waals surface area (Å²) in [6.45, 7) is 9.23. The van der Waals surface area contributed by atoms with E-state index in [4.69, 9.17) is 11.6 Å². The molecule has 0 radical (unpaired) electrons. The van der Waals surface area contributed by atoms with Crippen LogP contribution in [0.3, 0.4) is 0 Å². The van der Waals surface area contributed by atoms with E-state index in [0.717, 1.165) is 16.1 Å². The number of rotatable bonds is 6. The Bertz CT molecular complexity index is 674. The molecule has 7 heteroatoms. The Morgan fingerprint density at radius 2 is 1.78 bits per heavy atom. The molecule has 0 aliphatic heterocycles. The third kappa shape index (κ3) is 5.11. The summed E-state index contributed by atoms with van der Waals surface area (Å²) in [6, 6.07) is 4.06. The highest BCUT2D eigenvalue weighted by Crippen LogP contribution is 2.28. The highest BCUT2D eigenvalue weighted by Gasteiger charge is 2.31. The Kier molecular flexibility index (Phi) is 6.48. The van der Waals surface area contributed by atoms with E-state index in [1.165, 1.54) is 0 Å². The second-order valence-electron chi connectivity index (χ2n) is 6.21. The van der Waals surface area contributed by atoms with Gasteiger partial charge in [0, 0.05) is 11.1 Å². The van der Waals surface area contributed by atoms with Crippen LogP contribution in [0.4, 0.5) is 5.69 Å². The van der Waals surface area contributed by atoms with Crippen molar-refractivity contribution in [3.63, 3.8) is 0 Å². The molecule has 23 heavy (non-hydrogen) atoms. The van der Waals surface area contributed by atoms with E-state index < -0.39 is 16.1 Å². The molecule has 0 spiro atoms. The number of carbonyl (C=O) groups excluding carboxylic acids is 1. The maximum Gasteiger partial charge on any atom is 0.243 e. The predicted octanol–water partition coefficient (Wildman–Crippen LogP) is 2.96. The molecule has 5 nitrogen and oxygen atoms in total. The number of amides is 1. The Balaban J connectivity index is 3.23. The molecule has 1 rings (SSSR count). The summed E-state index contributed by atoms with van der Waals surface area (Å²) in [4.78, 5) is 12.5. The van der Waals surface area contributed by atoms with Gasteiger partial charge in [-0.25, -0.2) is 8.42 Å². The number of halogens is 1. The van der Waals surface area contributed by atoms with E-state index >= 15 is 0 Å². The van der Waals surface area contributed by atoms with Crippen LogP contribution in [0.5, 0.6) is 0 Å². The van der Waals surface area contributed by atoms with Crippen LogP contribution in [0.25, 0.3) is 0 Å². The van der Waals surface area contributed by atoms with E-state index in [2.05, 4.69) is 5.32 Å². The smallest absolute Gasteiger partial charge is 0.243 e. The molecule has 1 amide bonds. The molecule has 0 unspecified atom stereocenters. The molecule has 0 heterocycles. The summed E-state index contributed by atoms with van der Waals surface area (Å²) in [5.74, 6) is -0.0817. The van der Waals surface area contributed by atoms with Gasteiger partial charge < -0.3 is 5.32 Å². The highest BCUT2D eigenvalue weighted by atomic mass is 35.5. The molecule has 0 saturated carbocycles. The molecule has 2 atom stereocenters. The molecule has 0 fully saturated rings. The van der Waals surface area contributed by atoms with E-state index in [9.17, 15) is 13.2 Å². The van der Waals surface area contributed by atoms with Gasteiger partial charge in [0.15, 0.2) is 0 Å². The first-order valence-corrected chi connectivity index (χ1v) is 9.73. The van der Waals surface area contributed by atoms with Crippen molar-refractivity contribution in [2.45, 2.75) is 46.7 Å². The first-order chi connectivity index (χ1) is 10.4. The molecular formula is C16H25ClN2O3S. The minimum Gasteiger partial charge on any atom is -0.352 e. The third-order valence-electron chi connectivity index (χ3n) is 3.87. The largest absolute Gasteiger partial charge is 0.352 e. The van der Waals surface area contributed by atoms with E-state index in [1.54, 1.807) is 32.0 Å². The molecule has 1 aromatic rings. The van der Waals surface area contributed by atoms with Crippen LogP contribution in [0.1, 0.15) is 33.3 Å². The van der Waals surface area contributed by atoms with Gasteiger partial charge in [-0.1, -0.05) is 31.5 Å². The Labute approximate surface area is 144 Å². The van der Waals surface area contributed by atoms with Crippen LogP contribution in [-0.4, -0.2) is 32.7 Å². The lowest BCUT2D eigenvalue weighted by molar-refractivity contribution is -0.122. The lowest BCUT2D eigenvalue weighted by atomic mass is 10.1. The zero-order chi connectivity index (χ0) is 17.9. The van der Waals surface area contributed by atoms with E-state index in [0.29, 0.717) is 10.7 Å². The second kappa shape index (κ2) is 7.53. The van der Waals surface area contributed by atoms with Crippen LogP contribution in [-0.2, 0) is 14.8 Å². The fourth-order valence-corrected chi connectivity index (χ4v) is 3.50. The van der Waals surface area contributed by atoms with Gasteiger partial charge in [0.05, 0.1) is 11.9 Å². The van der Waals surface area contributed by atoms with Crippen molar-refractivity contribution in [1.82, 2.24) is 5.32 Å². The predicted molar refractivity (Wildman–Crippen MR) is 95.4 cm³/mol. The first kappa shape index (κ1) is 19.8. The Morgan fingerprint density at radius 1 is 1.22 bits per heavy atom. The number of hydrogen-bond donors (Lipinski definition) is 1. The Morgan fingerprint density at radius 3 is 2.26 bits per heavy atom. The van der Waals surface area contributed by atoms with Crippen molar-refractivity contribution in [2.24, 2.45) is 5.92 Å². The third-order valence-corrected chi connectivity index (χ3v) is 5.33. The molecule has 0 aliphatic rings. The molecule has 130 valence electrons. The SMILES string of the molecule is Cc1ccc(Cl)cc1N([C@H](C)C(=O)N[C@@H](C)C(C)C)S(C)(=O)=O. The number of anilines is 1. The summed E-state index contributed by atoms with van der Waals surface area (Å²) in [5, 5.41) is 3.28. The van der Waals surface area contributed by atoms with Crippen molar-refractivity contribution in [2.75, 3.05) is 10.6 Å². The second-order valence-corrected chi connectivity index (χ2v) is 8.50. The average Bonchev–Trinajstić information content (AvgIpc) is 2.40. The van der Waals surface area contributed by atoms with Crippen LogP contribution < -0.4 is 9.62 Å². The van der Waals surface area contributed by atoms with Gasteiger partial charge in [0.1, 0.15) is 6.04 Å². The zero-order valence-electron chi connectivity index (χ0n) is 14.4. The fourth-order valence-electron chi connectivity index (χ4n) is 2.11. The maximum absolute atomic E-state index is 12.5. The highest BCUT2D eigenvalue weighted by molar-refractivity contribution is 7.92. The lowest BCUT2D eigenvalue weighted by Gasteiger charge is -2.31. The zero-order valence-corrected chi connectivity index (χ0v) is 16.0. The summed E-state index contributed by atoms with van der Waals surface area (Å²) in [7, 11) is -3.64. The number of sulfonamides is 1. The molecule has 0 saturated heterocycles. The van der Waals surface area contributed by atoms with E-state index in [1.807, 2.05) is 20.8 Å². The van der Waals surface area contributed by atoms with Gasteiger partial charge in [-0.05, 0) is 44.4 Å². The van der Waals surface area contributed by atoms with Gasteiger partial charge in [-0.3, -0.25) is 9.10 Å². The van der Waals surface area contributed by atoms with Crippen molar-refractivity contribution in [3.05, 3.63) is 28.8 Å². The van der Waals surface area contributed by atoms with Gasteiger partial charge in [0.2, 0.25) is 15.9 Å². The van der Waals surface area contributed by atoms with E-state index in [-0.39, 0.29) is 17.9 Å². The number of nitrogens with zero attached hydrogens (tertiary/aromatic N) is 1. The summed E-state index contributed by atoms with van der Waals surface area (Å²) < 4.78 is 25.6. The molecular weight excluding hydrogens is 336 g/mol. The van der Waals surface area contributed by atoms with Gasteiger partial charge in [-0.2, -0.15) is 0 Å². The summed E-state index contributed by atoms with van der Waals surface area (Å²) >= 11 is 6.00. The normalized spacial score (nSPS) is 14.4. The van der Waals surface area contributed by atoms with Gasteiger partial charge in [-0.15, -0.1) is 0 Å². The maximum atomic E-state index is 12.5. The molecule has 1 N–H and O–H groups in total. The monoisotopic (exact) mass is 360 g/mol. The average molecular weight is 361 g/mol. The molecule has 0 bridgehead atoms. The number of benzene rings is 1. The van der Waals surface area contributed by atoms with Crippen molar-refractivity contribution < 1.29 is 13.2 Å². The van der Waals surface area contributed by atoms with Crippen LogP contribution >= 0.6 is 11.6 Å². The van der Waals surface area contributed by atoms with Crippen LogP contribution in [0.15, 0.2) is 18.2 Å². The topological polar surface area (TPSA) is 66.5 Å². The van der Waals surface area contributed by atoms with Gasteiger partial charge in [0.25, 0.3) is 0 Å². The van der Waals surface area contributed by atoms with Crippen LogP contribution in [0.2, 0.25) is 5.02 Å².